The zero-order chi connectivity index (χ0) is 11.9. The second kappa shape index (κ2) is 3.72. The summed E-state index contributed by atoms with van der Waals surface area (Å²) >= 11 is 0. The molecule has 0 saturated heterocycles. The molecule has 1 aromatic rings. The number of nitro benzene ring substituents is 1. The molecule has 0 amide bonds. The maximum Gasteiger partial charge on any atom is 0.271 e. The lowest BCUT2D eigenvalue weighted by Gasteiger charge is -2.15. The van der Waals surface area contributed by atoms with Crippen molar-refractivity contribution in [3.63, 3.8) is 0 Å². The molecular weight excluding hydrogens is 216 g/mol. The first kappa shape index (κ1) is 10.6. The molecule has 0 heterocycles. The number of anilines is 1. The molecule has 17 heavy (non-hydrogen) atoms. The second-order valence-electron chi connectivity index (χ2n) is 5.30. The van der Waals surface area contributed by atoms with E-state index in [0.717, 1.165) is 18.2 Å². The van der Waals surface area contributed by atoms with Crippen molar-refractivity contribution in [2.24, 2.45) is 11.3 Å². The van der Waals surface area contributed by atoms with Gasteiger partial charge in [-0.15, -0.1) is 0 Å². The van der Waals surface area contributed by atoms with Gasteiger partial charge >= 0.3 is 0 Å². The second-order valence-corrected chi connectivity index (χ2v) is 5.30. The Kier molecular flexibility index (Phi) is 2.31. The summed E-state index contributed by atoms with van der Waals surface area (Å²) in [4.78, 5) is 10.3. The van der Waals surface area contributed by atoms with Crippen molar-refractivity contribution >= 4 is 11.4 Å². The Bertz CT molecular complexity index is 450. The highest BCUT2D eigenvalue weighted by Crippen LogP contribution is 2.61. The third kappa shape index (κ3) is 2.12. The zero-order valence-corrected chi connectivity index (χ0v) is 9.69. The van der Waals surface area contributed by atoms with Crippen molar-refractivity contribution in [2.75, 3.05) is 11.9 Å². The molecule has 0 bridgehead atoms. The molecule has 0 aliphatic heterocycles. The van der Waals surface area contributed by atoms with E-state index in [4.69, 9.17) is 0 Å². The van der Waals surface area contributed by atoms with Crippen LogP contribution in [-0.4, -0.2) is 11.5 Å². The van der Waals surface area contributed by atoms with Crippen molar-refractivity contribution in [1.29, 1.82) is 0 Å². The molecule has 2 aliphatic rings. The molecule has 4 heteroatoms. The van der Waals surface area contributed by atoms with Crippen LogP contribution in [-0.2, 0) is 0 Å². The Morgan fingerprint density at radius 3 is 2.76 bits per heavy atom. The topological polar surface area (TPSA) is 55.2 Å². The summed E-state index contributed by atoms with van der Waals surface area (Å²) in [7, 11) is 0. The van der Waals surface area contributed by atoms with Crippen molar-refractivity contribution in [2.45, 2.75) is 25.7 Å². The fraction of sp³-hybridized carbons (Fsp3) is 0.538. The van der Waals surface area contributed by atoms with Crippen LogP contribution in [0, 0.1) is 21.4 Å². The number of benzene rings is 1. The summed E-state index contributed by atoms with van der Waals surface area (Å²) < 4.78 is 0. The summed E-state index contributed by atoms with van der Waals surface area (Å²) in [5, 5.41) is 14.0. The highest BCUT2D eigenvalue weighted by atomic mass is 16.6. The van der Waals surface area contributed by atoms with Crippen LogP contribution in [0.1, 0.15) is 25.7 Å². The minimum absolute atomic E-state index is 0.159. The summed E-state index contributed by atoms with van der Waals surface area (Å²) in [6.07, 6.45) is 5.38. The molecule has 0 atom stereocenters. The first-order valence-corrected chi connectivity index (χ1v) is 6.18. The Morgan fingerprint density at radius 1 is 1.41 bits per heavy atom. The van der Waals surface area contributed by atoms with Crippen molar-refractivity contribution in [3.05, 3.63) is 34.4 Å². The largest absolute Gasteiger partial charge is 0.384 e. The van der Waals surface area contributed by atoms with Gasteiger partial charge in [0.1, 0.15) is 0 Å². The predicted molar refractivity (Wildman–Crippen MR) is 66.0 cm³/mol. The van der Waals surface area contributed by atoms with Crippen LogP contribution in [0.3, 0.4) is 0 Å². The fourth-order valence-electron chi connectivity index (χ4n) is 2.59. The average Bonchev–Trinajstić information content (AvgIpc) is 3.17. The number of non-ortho nitro benzene ring substituents is 1. The zero-order valence-electron chi connectivity index (χ0n) is 9.69. The van der Waals surface area contributed by atoms with Crippen molar-refractivity contribution in [1.82, 2.24) is 0 Å². The lowest BCUT2D eigenvalue weighted by atomic mass is 10.0. The van der Waals surface area contributed by atoms with Gasteiger partial charge in [-0.2, -0.15) is 0 Å². The molecule has 0 spiro atoms. The van der Waals surface area contributed by atoms with E-state index < -0.39 is 0 Å². The molecular formula is C13H16N2O2. The first-order chi connectivity index (χ1) is 8.20. The van der Waals surface area contributed by atoms with Crippen LogP contribution < -0.4 is 5.32 Å². The molecule has 2 saturated carbocycles. The molecule has 1 aromatic carbocycles. The number of nitrogens with one attached hydrogen (secondary N) is 1. The summed E-state index contributed by atoms with van der Waals surface area (Å²) in [5.41, 5.74) is 1.54. The molecule has 0 unspecified atom stereocenters. The maximum absolute atomic E-state index is 10.7. The van der Waals surface area contributed by atoms with Crippen LogP contribution in [0.25, 0.3) is 0 Å². The maximum atomic E-state index is 10.7. The van der Waals surface area contributed by atoms with Gasteiger partial charge in [-0.05, 0) is 43.1 Å². The lowest BCUT2D eigenvalue weighted by Crippen LogP contribution is -2.17. The fourth-order valence-corrected chi connectivity index (χ4v) is 2.59. The summed E-state index contributed by atoms with van der Waals surface area (Å²) in [6, 6.07) is 6.77. The van der Waals surface area contributed by atoms with Crippen LogP contribution in [0.5, 0.6) is 0 Å². The van der Waals surface area contributed by atoms with Gasteiger partial charge in [-0.1, -0.05) is 6.07 Å². The smallest absolute Gasteiger partial charge is 0.271 e. The molecule has 0 radical (unpaired) electrons. The van der Waals surface area contributed by atoms with Crippen LogP contribution in [0.4, 0.5) is 11.4 Å². The summed E-state index contributed by atoms with van der Waals surface area (Å²) in [5.74, 6) is 0.911. The summed E-state index contributed by atoms with van der Waals surface area (Å²) in [6.45, 7) is 0.971. The SMILES string of the molecule is O=[N+]([O-])c1cccc(NCC2(C3CC3)CC2)c1. The van der Waals surface area contributed by atoms with E-state index in [1.54, 1.807) is 12.1 Å². The van der Waals surface area contributed by atoms with E-state index in [1.807, 2.05) is 6.07 Å². The minimum Gasteiger partial charge on any atom is -0.384 e. The first-order valence-electron chi connectivity index (χ1n) is 6.18. The highest BCUT2D eigenvalue weighted by Gasteiger charge is 2.53. The standard InChI is InChI=1S/C13H16N2O2/c16-15(17)12-3-1-2-11(8-12)14-9-13(6-7-13)10-4-5-10/h1-3,8,10,14H,4-7,9H2. The van der Waals surface area contributed by atoms with Crippen LogP contribution >= 0.6 is 0 Å². The van der Waals surface area contributed by atoms with E-state index in [0.29, 0.717) is 5.41 Å². The average molecular weight is 232 g/mol. The lowest BCUT2D eigenvalue weighted by molar-refractivity contribution is -0.384. The van der Waals surface area contributed by atoms with E-state index >= 15 is 0 Å². The number of hydrogen-bond donors (Lipinski definition) is 1. The van der Waals surface area contributed by atoms with Crippen LogP contribution in [0.2, 0.25) is 0 Å². The van der Waals surface area contributed by atoms with Gasteiger partial charge in [-0.3, -0.25) is 10.1 Å². The Labute approximate surface area is 100 Å². The number of hydrogen-bond acceptors (Lipinski definition) is 3. The molecule has 2 aliphatic carbocycles. The van der Waals surface area contributed by atoms with E-state index in [1.165, 1.54) is 31.7 Å². The molecule has 2 fully saturated rings. The predicted octanol–water partition coefficient (Wildman–Crippen LogP) is 3.20. The van der Waals surface area contributed by atoms with E-state index in [2.05, 4.69) is 5.32 Å². The monoisotopic (exact) mass is 232 g/mol. The third-order valence-electron chi connectivity index (χ3n) is 4.04. The Morgan fingerprint density at radius 2 is 2.18 bits per heavy atom. The third-order valence-corrected chi connectivity index (χ3v) is 4.04. The highest BCUT2D eigenvalue weighted by molar-refractivity contribution is 5.51. The molecule has 0 aromatic heterocycles. The quantitative estimate of drug-likeness (QED) is 0.626. The Hall–Kier alpha value is -1.58. The van der Waals surface area contributed by atoms with E-state index in [9.17, 15) is 10.1 Å². The van der Waals surface area contributed by atoms with Gasteiger partial charge in [0.2, 0.25) is 0 Å². The van der Waals surface area contributed by atoms with Gasteiger partial charge < -0.3 is 5.32 Å². The number of nitrogens with zero attached hydrogens (tertiary/aromatic N) is 1. The van der Waals surface area contributed by atoms with Crippen LogP contribution in [0.15, 0.2) is 24.3 Å². The molecule has 90 valence electrons. The van der Waals surface area contributed by atoms with Gasteiger partial charge in [0, 0.05) is 24.4 Å². The van der Waals surface area contributed by atoms with Gasteiger partial charge in [0.15, 0.2) is 0 Å². The van der Waals surface area contributed by atoms with Gasteiger partial charge in [0.25, 0.3) is 5.69 Å². The van der Waals surface area contributed by atoms with E-state index in [-0.39, 0.29) is 10.6 Å². The molecule has 4 nitrogen and oxygen atoms in total. The van der Waals surface area contributed by atoms with Gasteiger partial charge in [0.05, 0.1) is 4.92 Å². The normalized spacial score (nSPS) is 20.9. The van der Waals surface area contributed by atoms with Gasteiger partial charge in [-0.25, -0.2) is 0 Å². The minimum atomic E-state index is -0.348. The molecule has 3 rings (SSSR count). The van der Waals surface area contributed by atoms with Crippen molar-refractivity contribution < 1.29 is 4.92 Å². The Balaban J connectivity index is 1.64. The number of nitro groups is 1. The van der Waals surface area contributed by atoms with Crippen molar-refractivity contribution in [3.8, 4) is 0 Å². The molecule has 1 N–H and O–H groups in total. The number of rotatable bonds is 5.